The maximum Gasteiger partial charge on any atom is 0.251 e. The summed E-state index contributed by atoms with van der Waals surface area (Å²) < 4.78 is 28.9. The van der Waals surface area contributed by atoms with E-state index in [0.29, 0.717) is 25.2 Å². The van der Waals surface area contributed by atoms with Gasteiger partial charge in [0.05, 0.1) is 15.9 Å². The van der Waals surface area contributed by atoms with Crippen LogP contribution in [-0.2, 0) is 16.6 Å². The van der Waals surface area contributed by atoms with Crippen molar-refractivity contribution in [2.45, 2.75) is 38.6 Å². The molecule has 1 aromatic heterocycles. The van der Waals surface area contributed by atoms with E-state index >= 15 is 0 Å². The summed E-state index contributed by atoms with van der Waals surface area (Å²) in [5.74, 6) is 0.663. The Morgan fingerprint density at radius 2 is 1.83 bits per heavy atom. The van der Waals surface area contributed by atoms with Crippen LogP contribution in [-0.4, -0.2) is 47.8 Å². The lowest BCUT2D eigenvalue weighted by Crippen LogP contribution is -2.31. The van der Waals surface area contributed by atoms with Gasteiger partial charge in [-0.05, 0) is 43.7 Å². The van der Waals surface area contributed by atoms with E-state index in [1.165, 1.54) is 16.4 Å². The molecule has 0 saturated carbocycles. The molecular formula is C22H28N4O3S. The second-order valence-electron chi connectivity index (χ2n) is 7.03. The molecule has 8 heteroatoms. The van der Waals surface area contributed by atoms with E-state index < -0.39 is 10.0 Å². The third kappa shape index (κ3) is 4.55. The Morgan fingerprint density at radius 3 is 2.57 bits per heavy atom. The van der Waals surface area contributed by atoms with Crippen LogP contribution in [0.15, 0.2) is 53.4 Å². The third-order valence-electron chi connectivity index (χ3n) is 5.13. The summed E-state index contributed by atoms with van der Waals surface area (Å²) in [7, 11) is -3.59. The van der Waals surface area contributed by atoms with Gasteiger partial charge in [-0.2, -0.15) is 4.31 Å². The molecular weight excluding hydrogens is 400 g/mol. The summed E-state index contributed by atoms with van der Waals surface area (Å²) in [5, 5.41) is 2.88. The van der Waals surface area contributed by atoms with Crippen molar-refractivity contribution in [3.05, 3.63) is 59.9 Å². The molecule has 160 valence electrons. The Kier molecular flexibility index (Phi) is 6.89. The molecule has 7 nitrogen and oxygen atoms in total. The highest BCUT2D eigenvalue weighted by Crippen LogP contribution is 2.17. The molecule has 0 unspecified atom stereocenters. The highest BCUT2D eigenvalue weighted by atomic mass is 32.2. The number of carbonyl (C=O) groups is 1. The molecule has 2 aromatic carbocycles. The number of fused-ring (bicyclic) bond motifs is 1. The second kappa shape index (κ2) is 9.40. The maximum atomic E-state index is 12.7. The molecule has 0 aliphatic heterocycles. The van der Waals surface area contributed by atoms with Gasteiger partial charge in [0.15, 0.2) is 0 Å². The zero-order valence-electron chi connectivity index (χ0n) is 17.6. The number of hydrogen-bond donors (Lipinski definition) is 1. The van der Waals surface area contributed by atoms with Crippen LogP contribution in [0.5, 0.6) is 0 Å². The van der Waals surface area contributed by atoms with Gasteiger partial charge in [-0.1, -0.05) is 32.0 Å². The summed E-state index contributed by atoms with van der Waals surface area (Å²) in [5.41, 5.74) is 2.38. The van der Waals surface area contributed by atoms with Crippen molar-refractivity contribution >= 4 is 27.0 Å². The molecule has 0 radical (unpaired) electrons. The highest BCUT2D eigenvalue weighted by Gasteiger charge is 2.22. The van der Waals surface area contributed by atoms with Crippen LogP contribution >= 0.6 is 0 Å². The van der Waals surface area contributed by atoms with Gasteiger partial charge in [0.25, 0.3) is 5.91 Å². The number of para-hydroxylation sites is 2. The quantitative estimate of drug-likeness (QED) is 0.531. The lowest BCUT2D eigenvalue weighted by atomic mass is 10.2. The molecule has 3 aromatic rings. The molecule has 3 rings (SSSR count). The molecule has 1 heterocycles. The third-order valence-corrected chi connectivity index (χ3v) is 7.17. The summed E-state index contributed by atoms with van der Waals surface area (Å²) >= 11 is 0. The van der Waals surface area contributed by atoms with E-state index in [0.717, 1.165) is 29.8 Å². The lowest BCUT2D eigenvalue weighted by Gasteiger charge is -2.18. The minimum absolute atomic E-state index is 0.138. The number of imidazole rings is 1. The fourth-order valence-electron chi connectivity index (χ4n) is 3.53. The first kappa shape index (κ1) is 22.0. The average Bonchev–Trinajstić information content (AvgIpc) is 3.07. The standard InChI is InChI=1S/C22H28N4O3S/c1-4-25(5-2)30(28,29)19-11-8-10-18(16-19)22(27)23-14-9-15-26-17(3)24-20-12-6-7-13-21(20)26/h6-8,10-13,16H,4-5,9,14-15H2,1-3H3,(H,23,27). The van der Waals surface area contributed by atoms with Crippen LogP contribution < -0.4 is 5.32 Å². The zero-order chi connectivity index (χ0) is 21.7. The van der Waals surface area contributed by atoms with E-state index in [1.807, 2.05) is 31.2 Å². The molecule has 0 saturated heterocycles. The maximum absolute atomic E-state index is 12.7. The first-order chi connectivity index (χ1) is 14.4. The largest absolute Gasteiger partial charge is 0.352 e. The Bertz CT molecular complexity index is 1130. The van der Waals surface area contributed by atoms with Gasteiger partial charge >= 0.3 is 0 Å². The van der Waals surface area contributed by atoms with Gasteiger partial charge in [-0.25, -0.2) is 13.4 Å². The summed E-state index contributed by atoms with van der Waals surface area (Å²) in [6, 6.07) is 14.2. The van der Waals surface area contributed by atoms with Crippen LogP contribution in [0.3, 0.4) is 0 Å². The van der Waals surface area contributed by atoms with Crippen molar-refractivity contribution in [1.82, 2.24) is 19.2 Å². The Morgan fingerprint density at radius 1 is 1.10 bits per heavy atom. The van der Waals surface area contributed by atoms with Gasteiger partial charge < -0.3 is 9.88 Å². The minimum Gasteiger partial charge on any atom is -0.352 e. The number of aryl methyl sites for hydroxylation is 2. The Hall–Kier alpha value is -2.71. The predicted octanol–water partition coefficient (Wildman–Crippen LogP) is 3.20. The van der Waals surface area contributed by atoms with Crippen LogP contribution in [0, 0.1) is 6.92 Å². The van der Waals surface area contributed by atoms with E-state index in [9.17, 15) is 13.2 Å². The number of benzene rings is 2. The van der Waals surface area contributed by atoms with Gasteiger partial charge in [0.2, 0.25) is 10.0 Å². The molecule has 0 bridgehead atoms. The van der Waals surface area contributed by atoms with Crippen LogP contribution in [0.1, 0.15) is 36.5 Å². The van der Waals surface area contributed by atoms with Crippen LogP contribution in [0.2, 0.25) is 0 Å². The van der Waals surface area contributed by atoms with Gasteiger partial charge in [0.1, 0.15) is 5.82 Å². The highest BCUT2D eigenvalue weighted by molar-refractivity contribution is 7.89. The Balaban J connectivity index is 1.62. The predicted molar refractivity (Wildman–Crippen MR) is 118 cm³/mol. The fourth-order valence-corrected chi connectivity index (χ4v) is 5.03. The first-order valence-corrected chi connectivity index (χ1v) is 11.6. The second-order valence-corrected chi connectivity index (χ2v) is 8.96. The average molecular weight is 429 g/mol. The smallest absolute Gasteiger partial charge is 0.251 e. The van der Waals surface area contributed by atoms with Crippen molar-refractivity contribution in [3.8, 4) is 0 Å². The Labute approximate surface area is 177 Å². The molecule has 0 aliphatic carbocycles. The molecule has 0 atom stereocenters. The number of nitrogens with zero attached hydrogens (tertiary/aromatic N) is 3. The number of sulfonamides is 1. The normalized spacial score (nSPS) is 11.9. The number of carbonyl (C=O) groups excluding carboxylic acids is 1. The molecule has 1 N–H and O–H groups in total. The lowest BCUT2D eigenvalue weighted by molar-refractivity contribution is 0.0952. The van der Waals surface area contributed by atoms with Gasteiger partial charge in [0, 0.05) is 31.7 Å². The number of aromatic nitrogens is 2. The molecule has 1 amide bonds. The van der Waals surface area contributed by atoms with E-state index in [1.54, 1.807) is 26.0 Å². The van der Waals surface area contributed by atoms with E-state index in [4.69, 9.17) is 0 Å². The van der Waals surface area contributed by atoms with Crippen molar-refractivity contribution in [3.63, 3.8) is 0 Å². The van der Waals surface area contributed by atoms with Crippen molar-refractivity contribution in [2.75, 3.05) is 19.6 Å². The SMILES string of the molecule is CCN(CC)S(=O)(=O)c1cccc(C(=O)NCCCn2c(C)nc3ccccc32)c1. The zero-order valence-corrected chi connectivity index (χ0v) is 18.4. The summed E-state index contributed by atoms with van der Waals surface area (Å²) in [4.78, 5) is 17.2. The first-order valence-electron chi connectivity index (χ1n) is 10.2. The van der Waals surface area contributed by atoms with Gasteiger partial charge in [-0.15, -0.1) is 0 Å². The van der Waals surface area contributed by atoms with Crippen molar-refractivity contribution < 1.29 is 13.2 Å². The summed E-state index contributed by atoms with van der Waals surface area (Å²) in [6.45, 7) is 7.56. The molecule has 30 heavy (non-hydrogen) atoms. The van der Waals surface area contributed by atoms with Crippen LogP contribution in [0.25, 0.3) is 11.0 Å². The minimum atomic E-state index is -3.59. The number of nitrogens with one attached hydrogen (secondary N) is 1. The van der Waals surface area contributed by atoms with Crippen molar-refractivity contribution in [2.24, 2.45) is 0 Å². The van der Waals surface area contributed by atoms with Crippen LogP contribution in [0.4, 0.5) is 0 Å². The molecule has 0 aliphatic rings. The number of amides is 1. The molecule has 0 spiro atoms. The van der Waals surface area contributed by atoms with Crippen molar-refractivity contribution in [1.29, 1.82) is 0 Å². The monoisotopic (exact) mass is 428 g/mol. The number of rotatable bonds is 9. The van der Waals surface area contributed by atoms with E-state index in [-0.39, 0.29) is 10.8 Å². The summed E-state index contributed by atoms with van der Waals surface area (Å²) in [6.07, 6.45) is 0.740. The topological polar surface area (TPSA) is 84.3 Å². The molecule has 0 fully saturated rings. The van der Waals surface area contributed by atoms with Gasteiger partial charge in [-0.3, -0.25) is 4.79 Å². The van der Waals surface area contributed by atoms with E-state index in [2.05, 4.69) is 14.9 Å². The fraction of sp³-hybridized carbons (Fsp3) is 0.364. The number of hydrogen-bond acceptors (Lipinski definition) is 4.